The summed E-state index contributed by atoms with van der Waals surface area (Å²) in [5.41, 5.74) is 2.56. The van der Waals surface area contributed by atoms with Gasteiger partial charge in [-0.15, -0.1) is 0 Å². The average molecular weight is 567 g/mol. The number of thiocarbonyl (C=S) groups is 1. The van der Waals surface area contributed by atoms with E-state index in [4.69, 9.17) is 28.6 Å². The van der Waals surface area contributed by atoms with Crippen LogP contribution in [0.1, 0.15) is 11.1 Å². The van der Waals surface area contributed by atoms with Crippen molar-refractivity contribution in [1.82, 2.24) is 0 Å². The molecule has 0 spiro atoms. The molecule has 4 aromatic rings. The van der Waals surface area contributed by atoms with Gasteiger partial charge in [0.05, 0.1) is 15.6 Å². The van der Waals surface area contributed by atoms with Gasteiger partial charge < -0.3 is 4.74 Å². The lowest BCUT2D eigenvalue weighted by atomic mass is 10.1. The van der Waals surface area contributed by atoms with Crippen LogP contribution in [0.2, 0.25) is 5.02 Å². The van der Waals surface area contributed by atoms with Crippen molar-refractivity contribution < 1.29 is 9.53 Å². The topological polar surface area (TPSA) is 29.5 Å². The van der Waals surface area contributed by atoms with Gasteiger partial charge in [-0.2, -0.15) is 0 Å². The summed E-state index contributed by atoms with van der Waals surface area (Å²) in [5, 5.41) is 2.85. The third-order valence-corrected chi connectivity index (χ3v) is 7.96. The molecule has 34 heavy (non-hydrogen) atoms. The average Bonchev–Trinajstić information content (AvgIpc) is 3.13. The van der Waals surface area contributed by atoms with Crippen LogP contribution in [0.4, 0.5) is 5.69 Å². The summed E-state index contributed by atoms with van der Waals surface area (Å²) < 4.78 is 7.43. The normalized spacial score (nSPS) is 14.9. The molecule has 7 heteroatoms. The number of benzene rings is 4. The fraction of sp³-hybridized carbons (Fsp3) is 0.0370. The molecule has 168 valence electrons. The molecule has 1 amide bonds. The highest BCUT2D eigenvalue weighted by molar-refractivity contribution is 9.10. The molecule has 1 aliphatic rings. The van der Waals surface area contributed by atoms with E-state index in [2.05, 4.69) is 40.2 Å². The zero-order chi connectivity index (χ0) is 23.7. The molecule has 0 aliphatic carbocycles. The van der Waals surface area contributed by atoms with E-state index in [-0.39, 0.29) is 5.91 Å². The number of rotatable bonds is 5. The van der Waals surface area contributed by atoms with Crippen molar-refractivity contribution in [3.05, 3.63) is 110 Å². The van der Waals surface area contributed by atoms with E-state index >= 15 is 0 Å². The van der Waals surface area contributed by atoms with Crippen molar-refractivity contribution >= 4 is 84.3 Å². The Morgan fingerprint density at radius 3 is 2.62 bits per heavy atom. The molecule has 0 aromatic heterocycles. The number of carbonyl (C=O) groups excluding carboxylic acids is 1. The number of carbonyl (C=O) groups is 1. The summed E-state index contributed by atoms with van der Waals surface area (Å²) in [7, 11) is 0. The Morgan fingerprint density at radius 2 is 1.76 bits per heavy atom. The number of anilines is 1. The number of hydrogen-bond acceptors (Lipinski definition) is 4. The first-order valence-electron chi connectivity index (χ1n) is 10.4. The maximum atomic E-state index is 13.2. The van der Waals surface area contributed by atoms with Gasteiger partial charge in [0, 0.05) is 10.0 Å². The highest BCUT2D eigenvalue weighted by Crippen LogP contribution is 2.39. The monoisotopic (exact) mass is 565 g/mol. The van der Waals surface area contributed by atoms with Crippen LogP contribution in [0.15, 0.2) is 94.3 Å². The largest absolute Gasteiger partial charge is 0.488 e. The van der Waals surface area contributed by atoms with Gasteiger partial charge in [0.2, 0.25) is 0 Å². The molecule has 1 aliphatic heterocycles. The Bertz CT molecular complexity index is 1460. The molecule has 4 aromatic carbocycles. The highest BCUT2D eigenvalue weighted by atomic mass is 79.9. The molecule has 0 N–H and O–H groups in total. The number of fused-ring (bicyclic) bond motifs is 1. The van der Waals surface area contributed by atoms with Gasteiger partial charge in [-0.25, -0.2) is 0 Å². The van der Waals surface area contributed by atoms with Crippen molar-refractivity contribution in [2.24, 2.45) is 0 Å². The Balaban J connectivity index is 1.41. The molecule has 0 radical (unpaired) electrons. The van der Waals surface area contributed by atoms with Crippen LogP contribution in [0.5, 0.6) is 5.75 Å². The highest BCUT2D eigenvalue weighted by Gasteiger charge is 2.33. The minimum absolute atomic E-state index is 0.183. The number of para-hydroxylation sites is 1. The Morgan fingerprint density at radius 1 is 1.00 bits per heavy atom. The Kier molecular flexibility index (Phi) is 6.75. The number of ether oxygens (including phenoxy) is 1. The Labute approximate surface area is 220 Å². The molecular weight excluding hydrogens is 550 g/mol. The predicted octanol–water partition coefficient (Wildman–Crippen LogP) is 8.24. The predicted molar refractivity (Wildman–Crippen MR) is 150 cm³/mol. The lowest BCUT2D eigenvalue weighted by molar-refractivity contribution is -0.113. The molecule has 3 nitrogen and oxygen atoms in total. The standard InChI is InChI=1S/C27H17BrClNO2S2/c28-22-13-12-20(15-23(22)29)30-26(31)25(34-27(30)33)14-18-7-2-4-11-24(18)32-16-19-9-5-8-17-6-1-3-10-21(17)19/h1-15H,16H2. The van der Waals surface area contributed by atoms with Gasteiger partial charge in [-0.3, -0.25) is 9.69 Å². The quantitative estimate of drug-likeness (QED) is 0.180. The van der Waals surface area contributed by atoms with E-state index in [1.54, 1.807) is 12.1 Å². The van der Waals surface area contributed by atoms with Crippen LogP contribution in [-0.2, 0) is 11.4 Å². The van der Waals surface area contributed by atoms with Crippen LogP contribution in [-0.4, -0.2) is 10.2 Å². The van der Waals surface area contributed by atoms with Crippen molar-refractivity contribution in [1.29, 1.82) is 0 Å². The summed E-state index contributed by atoms with van der Waals surface area (Å²) in [6.45, 7) is 0.421. The number of thioether (sulfide) groups is 1. The molecular formula is C27H17BrClNO2S2. The van der Waals surface area contributed by atoms with Gasteiger partial charge >= 0.3 is 0 Å². The molecule has 0 unspecified atom stereocenters. The second-order valence-corrected chi connectivity index (χ2v) is 10.5. The van der Waals surface area contributed by atoms with Crippen molar-refractivity contribution in [3.63, 3.8) is 0 Å². The first kappa shape index (κ1) is 23.1. The minimum atomic E-state index is -0.183. The summed E-state index contributed by atoms with van der Waals surface area (Å²) >= 11 is 16.4. The summed E-state index contributed by atoms with van der Waals surface area (Å²) in [5.74, 6) is 0.518. The number of amides is 1. The van der Waals surface area contributed by atoms with E-state index in [1.165, 1.54) is 22.0 Å². The van der Waals surface area contributed by atoms with E-state index in [9.17, 15) is 4.79 Å². The first-order valence-corrected chi connectivity index (χ1v) is 12.8. The van der Waals surface area contributed by atoms with Gasteiger partial charge in [0.15, 0.2) is 4.32 Å². The molecule has 5 rings (SSSR count). The SMILES string of the molecule is O=C1C(=Cc2ccccc2OCc2cccc3ccccc23)SC(=S)N1c1ccc(Br)c(Cl)c1. The number of halogens is 2. The van der Waals surface area contributed by atoms with Crippen LogP contribution in [0.25, 0.3) is 16.8 Å². The third kappa shape index (κ3) is 4.64. The smallest absolute Gasteiger partial charge is 0.270 e. The first-order chi connectivity index (χ1) is 16.5. The van der Waals surface area contributed by atoms with Crippen LogP contribution in [0.3, 0.4) is 0 Å². The van der Waals surface area contributed by atoms with Crippen molar-refractivity contribution in [3.8, 4) is 5.75 Å². The zero-order valence-corrected chi connectivity index (χ0v) is 21.7. The summed E-state index contributed by atoms with van der Waals surface area (Å²) in [4.78, 5) is 15.2. The van der Waals surface area contributed by atoms with Gasteiger partial charge in [0.1, 0.15) is 12.4 Å². The lowest BCUT2D eigenvalue weighted by Crippen LogP contribution is -2.27. The number of nitrogens with zero attached hydrogens (tertiary/aromatic N) is 1. The summed E-state index contributed by atoms with van der Waals surface area (Å²) in [6.07, 6.45) is 1.83. The van der Waals surface area contributed by atoms with Gasteiger partial charge in [0.25, 0.3) is 5.91 Å². The minimum Gasteiger partial charge on any atom is -0.488 e. The molecule has 1 fully saturated rings. The fourth-order valence-electron chi connectivity index (χ4n) is 3.76. The third-order valence-electron chi connectivity index (χ3n) is 5.42. The molecule has 1 heterocycles. The van der Waals surface area contributed by atoms with Crippen LogP contribution < -0.4 is 9.64 Å². The second kappa shape index (κ2) is 9.92. The molecule has 0 atom stereocenters. The van der Waals surface area contributed by atoms with Gasteiger partial charge in [-0.1, -0.05) is 96.2 Å². The van der Waals surface area contributed by atoms with E-state index < -0.39 is 0 Å². The molecule has 0 bridgehead atoms. The van der Waals surface area contributed by atoms with Crippen LogP contribution >= 0.6 is 51.5 Å². The van der Waals surface area contributed by atoms with E-state index in [0.717, 1.165) is 21.0 Å². The van der Waals surface area contributed by atoms with Crippen LogP contribution in [0, 0.1) is 0 Å². The maximum absolute atomic E-state index is 13.2. The molecule has 0 saturated carbocycles. The fourth-order valence-corrected chi connectivity index (χ4v) is 5.47. The van der Waals surface area contributed by atoms with E-state index in [0.29, 0.717) is 32.3 Å². The number of hydrogen-bond donors (Lipinski definition) is 0. The van der Waals surface area contributed by atoms with E-state index in [1.807, 2.05) is 54.6 Å². The molecule has 1 saturated heterocycles. The van der Waals surface area contributed by atoms with Gasteiger partial charge in [-0.05, 0) is 62.6 Å². The van der Waals surface area contributed by atoms with Crippen molar-refractivity contribution in [2.75, 3.05) is 4.90 Å². The lowest BCUT2D eigenvalue weighted by Gasteiger charge is -2.15. The maximum Gasteiger partial charge on any atom is 0.270 e. The Hall–Kier alpha value is -2.64. The van der Waals surface area contributed by atoms with Crippen molar-refractivity contribution in [2.45, 2.75) is 6.61 Å². The second-order valence-electron chi connectivity index (χ2n) is 7.58. The summed E-state index contributed by atoms with van der Waals surface area (Å²) in [6, 6.07) is 27.5. The zero-order valence-electron chi connectivity index (χ0n) is 17.7.